The van der Waals surface area contributed by atoms with Gasteiger partial charge in [0, 0.05) is 6.42 Å². The van der Waals surface area contributed by atoms with E-state index in [2.05, 4.69) is 41.5 Å². The van der Waals surface area contributed by atoms with E-state index in [1.165, 1.54) is 50.5 Å². The third-order valence-electron chi connectivity index (χ3n) is 11.2. The second-order valence-corrected chi connectivity index (χ2v) is 12.8. The van der Waals surface area contributed by atoms with Crippen molar-refractivity contribution in [3.05, 3.63) is 11.6 Å². The summed E-state index contributed by atoms with van der Waals surface area (Å²) in [4.78, 5) is 12.1. The van der Waals surface area contributed by atoms with Crippen molar-refractivity contribution in [3.8, 4) is 0 Å². The molecule has 3 unspecified atom stereocenters. The van der Waals surface area contributed by atoms with E-state index >= 15 is 0 Å². The van der Waals surface area contributed by atoms with E-state index in [-0.39, 0.29) is 17.3 Å². The van der Waals surface area contributed by atoms with Crippen LogP contribution in [0.15, 0.2) is 11.6 Å². The average molecular weight is 429 g/mol. The van der Waals surface area contributed by atoms with E-state index in [9.17, 15) is 9.90 Å². The van der Waals surface area contributed by atoms with Crippen molar-refractivity contribution >= 4 is 5.78 Å². The first-order valence-electron chi connectivity index (χ1n) is 13.5. The Balaban J connectivity index is 1.52. The lowest BCUT2D eigenvalue weighted by molar-refractivity contribution is -0.124. The Kier molecular flexibility index (Phi) is 6.54. The first kappa shape index (κ1) is 23.5. The van der Waals surface area contributed by atoms with Crippen LogP contribution in [0.1, 0.15) is 106 Å². The number of hydrogen-bond acceptors (Lipinski definition) is 2. The van der Waals surface area contributed by atoms with Crippen LogP contribution in [-0.4, -0.2) is 17.0 Å². The fraction of sp³-hybridized carbons (Fsp3) is 0.897. The molecule has 0 heterocycles. The Morgan fingerprint density at radius 2 is 1.81 bits per heavy atom. The number of aliphatic hydroxyl groups excluding tert-OH is 1. The molecule has 3 saturated carbocycles. The Morgan fingerprint density at radius 3 is 2.48 bits per heavy atom. The van der Waals surface area contributed by atoms with Gasteiger partial charge in [0.15, 0.2) is 5.78 Å². The van der Waals surface area contributed by atoms with Crippen LogP contribution in [0.25, 0.3) is 0 Å². The Morgan fingerprint density at radius 1 is 1.06 bits per heavy atom. The predicted octanol–water partition coefficient (Wildman–Crippen LogP) is 7.20. The maximum atomic E-state index is 12.1. The van der Waals surface area contributed by atoms with E-state index in [1.54, 1.807) is 0 Å². The molecule has 0 aromatic heterocycles. The van der Waals surface area contributed by atoms with Crippen molar-refractivity contribution in [1.82, 2.24) is 0 Å². The molecule has 176 valence electrons. The molecule has 1 N–H and O–H groups in total. The topological polar surface area (TPSA) is 37.3 Å². The molecular weight excluding hydrogens is 380 g/mol. The summed E-state index contributed by atoms with van der Waals surface area (Å²) >= 11 is 0. The Labute approximate surface area is 191 Å². The van der Waals surface area contributed by atoms with Crippen LogP contribution >= 0.6 is 0 Å². The van der Waals surface area contributed by atoms with E-state index < -0.39 is 0 Å². The van der Waals surface area contributed by atoms with Crippen LogP contribution in [-0.2, 0) is 4.79 Å². The average Bonchev–Trinajstić information content (AvgIpc) is 3.06. The fourth-order valence-corrected chi connectivity index (χ4v) is 9.19. The highest BCUT2D eigenvalue weighted by molar-refractivity contribution is 5.91. The highest BCUT2D eigenvalue weighted by Crippen LogP contribution is 2.67. The zero-order valence-corrected chi connectivity index (χ0v) is 21.1. The zero-order chi connectivity index (χ0) is 22.6. The first-order chi connectivity index (χ1) is 14.6. The largest absolute Gasteiger partial charge is 0.392 e. The predicted molar refractivity (Wildman–Crippen MR) is 129 cm³/mol. The number of hydrogen-bond donors (Lipinski definition) is 1. The molecule has 31 heavy (non-hydrogen) atoms. The van der Waals surface area contributed by atoms with Crippen LogP contribution in [0.5, 0.6) is 0 Å². The molecule has 0 bridgehead atoms. The van der Waals surface area contributed by atoms with E-state index in [0.717, 1.165) is 36.5 Å². The summed E-state index contributed by atoms with van der Waals surface area (Å²) in [6.45, 7) is 14.7. The van der Waals surface area contributed by atoms with Gasteiger partial charge < -0.3 is 5.11 Å². The summed E-state index contributed by atoms with van der Waals surface area (Å²) in [6, 6.07) is 0. The van der Waals surface area contributed by atoms with Gasteiger partial charge in [0.05, 0.1) is 6.10 Å². The number of fused-ring (bicyclic) bond motifs is 5. The smallest absolute Gasteiger partial charge is 0.155 e. The van der Waals surface area contributed by atoms with Gasteiger partial charge in [-0.05, 0) is 103 Å². The molecule has 9 atom stereocenters. The molecule has 2 heteroatoms. The van der Waals surface area contributed by atoms with Crippen LogP contribution in [0, 0.1) is 52.3 Å². The molecule has 3 fully saturated rings. The molecular formula is C29H48O2. The van der Waals surface area contributed by atoms with Gasteiger partial charge in [0.2, 0.25) is 0 Å². The van der Waals surface area contributed by atoms with Gasteiger partial charge in [-0.3, -0.25) is 4.79 Å². The molecule has 2 nitrogen and oxygen atoms in total. The maximum absolute atomic E-state index is 12.1. The van der Waals surface area contributed by atoms with Crippen molar-refractivity contribution in [3.63, 3.8) is 0 Å². The molecule has 0 aromatic rings. The molecule has 0 aromatic carbocycles. The lowest BCUT2D eigenvalue weighted by Gasteiger charge is -2.60. The lowest BCUT2D eigenvalue weighted by Crippen LogP contribution is -2.55. The summed E-state index contributed by atoms with van der Waals surface area (Å²) in [5, 5.41) is 11.3. The number of rotatable bonds is 6. The minimum Gasteiger partial charge on any atom is -0.392 e. The minimum atomic E-state index is -0.251. The fourth-order valence-electron chi connectivity index (χ4n) is 9.19. The second-order valence-electron chi connectivity index (χ2n) is 12.8. The SMILES string of the molecule is CC[C@H](CC[C@@H](C)[C@H]1CCC2[C@@H]3C(O)CC4=CC(=O)CC[C@]4(C)C3CC[C@@]21C)C(C)C. The summed E-state index contributed by atoms with van der Waals surface area (Å²) in [6.07, 6.45) is 13.4. The zero-order valence-electron chi connectivity index (χ0n) is 21.1. The van der Waals surface area contributed by atoms with Crippen molar-refractivity contribution in [1.29, 1.82) is 0 Å². The monoisotopic (exact) mass is 428 g/mol. The minimum absolute atomic E-state index is 0.147. The lowest BCUT2D eigenvalue weighted by atomic mass is 9.45. The number of carbonyl (C=O) groups is 1. The van der Waals surface area contributed by atoms with Gasteiger partial charge in [-0.25, -0.2) is 0 Å². The van der Waals surface area contributed by atoms with Gasteiger partial charge in [-0.15, -0.1) is 0 Å². The molecule has 4 rings (SSSR count). The molecule has 4 aliphatic rings. The highest BCUT2D eigenvalue weighted by Gasteiger charge is 2.61. The van der Waals surface area contributed by atoms with Gasteiger partial charge >= 0.3 is 0 Å². The second kappa shape index (κ2) is 8.62. The van der Waals surface area contributed by atoms with E-state index in [4.69, 9.17) is 0 Å². The highest BCUT2D eigenvalue weighted by atomic mass is 16.3. The molecule has 0 spiro atoms. The standard InChI is InChI=1S/C29H48O2/c1-7-20(18(2)3)9-8-19(4)23-10-11-24-27-25(13-15-29(23,24)6)28(5)14-12-22(30)16-21(28)17-26(27)31/h16,18-20,23-27,31H,7-15,17H2,1-6H3/t19-,20-,23-,24?,25?,26?,27+,28+,29-/m1/s1. The van der Waals surface area contributed by atoms with Crippen molar-refractivity contribution in [2.75, 3.05) is 0 Å². The Hall–Kier alpha value is -0.630. The number of ketones is 1. The third kappa shape index (κ3) is 3.87. The molecule has 0 aliphatic heterocycles. The first-order valence-corrected chi connectivity index (χ1v) is 13.5. The van der Waals surface area contributed by atoms with Crippen LogP contribution in [0.2, 0.25) is 0 Å². The molecule has 0 radical (unpaired) electrons. The van der Waals surface area contributed by atoms with Crippen LogP contribution < -0.4 is 0 Å². The van der Waals surface area contributed by atoms with Gasteiger partial charge in [-0.1, -0.05) is 60.0 Å². The normalized spacial score (nSPS) is 44.3. The molecule has 0 saturated heterocycles. The van der Waals surface area contributed by atoms with Crippen LogP contribution in [0.3, 0.4) is 0 Å². The number of carbonyl (C=O) groups excluding carboxylic acids is 1. The van der Waals surface area contributed by atoms with Crippen molar-refractivity contribution < 1.29 is 9.90 Å². The van der Waals surface area contributed by atoms with Gasteiger partial charge in [0.1, 0.15) is 0 Å². The summed E-state index contributed by atoms with van der Waals surface area (Å²) in [7, 11) is 0. The summed E-state index contributed by atoms with van der Waals surface area (Å²) < 4.78 is 0. The third-order valence-corrected chi connectivity index (χ3v) is 11.2. The summed E-state index contributed by atoms with van der Waals surface area (Å²) in [5.74, 6) is 5.20. The van der Waals surface area contributed by atoms with Gasteiger partial charge in [0.25, 0.3) is 0 Å². The van der Waals surface area contributed by atoms with Gasteiger partial charge in [-0.2, -0.15) is 0 Å². The maximum Gasteiger partial charge on any atom is 0.155 e. The van der Waals surface area contributed by atoms with E-state index in [0.29, 0.717) is 29.6 Å². The van der Waals surface area contributed by atoms with Crippen molar-refractivity contribution in [2.24, 2.45) is 52.3 Å². The van der Waals surface area contributed by atoms with E-state index in [1.807, 2.05) is 6.08 Å². The van der Waals surface area contributed by atoms with Crippen LogP contribution in [0.4, 0.5) is 0 Å². The Bertz CT molecular complexity index is 708. The van der Waals surface area contributed by atoms with Crippen molar-refractivity contribution in [2.45, 2.75) is 112 Å². The molecule has 0 amide bonds. The number of aliphatic hydroxyl groups is 1. The summed E-state index contributed by atoms with van der Waals surface area (Å²) in [5.41, 5.74) is 1.81. The quantitative estimate of drug-likeness (QED) is 0.485. The molecule has 4 aliphatic carbocycles.